The van der Waals surface area contributed by atoms with E-state index >= 15 is 0 Å². The van der Waals surface area contributed by atoms with Crippen molar-refractivity contribution in [1.82, 2.24) is 0 Å². The standard InChI is InChI=1S/C13H19N3O4/c1-13(2,3)20-12(17)15-10-8(11(14)16-18)6-5-7-9(10)19-4/h5-7,18H,1-4H3,(H2,14,16)(H,15,17). The highest BCUT2D eigenvalue weighted by atomic mass is 16.6. The summed E-state index contributed by atoms with van der Waals surface area (Å²) in [5.41, 5.74) is 5.55. The Hall–Kier alpha value is -2.44. The Morgan fingerprint density at radius 1 is 1.40 bits per heavy atom. The van der Waals surface area contributed by atoms with Gasteiger partial charge < -0.3 is 20.4 Å². The van der Waals surface area contributed by atoms with Crippen molar-refractivity contribution in [2.24, 2.45) is 10.9 Å². The highest BCUT2D eigenvalue weighted by Crippen LogP contribution is 2.28. The van der Waals surface area contributed by atoms with Crippen LogP contribution in [0.3, 0.4) is 0 Å². The fourth-order valence-corrected chi connectivity index (χ4v) is 1.50. The van der Waals surface area contributed by atoms with Crippen molar-refractivity contribution in [3.05, 3.63) is 23.8 Å². The van der Waals surface area contributed by atoms with E-state index in [1.54, 1.807) is 39.0 Å². The number of nitrogens with one attached hydrogen (secondary N) is 1. The molecule has 0 bridgehead atoms. The second-order valence-electron chi connectivity index (χ2n) is 4.99. The molecule has 0 fully saturated rings. The molecule has 0 unspecified atom stereocenters. The monoisotopic (exact) mass is 281 g/mol. The molecule has 0 saturated heterocycles. The summed E-state index contributed by atoms with van der Waals surface area (Å²) in [4.78, 5) is 11.8. The van der Waals surface area contributed by atoms with Gasteiger partial charge in [0.2, 0.25) is 0 Å². The maximum Gasteiger partial charge on any atom is 0.412 e. The number of carbonyl (C=O) groups is 1. The molecule has 0 aliphatic heterocycles. The van der Waals surface area contributed by atoms with Gasteiger partial charge in [-0.1, -0.05) is 11.2 Å². The largest absolute Gasteiger partial charge is 0.495 e. The van der Waals surface area contributed by atoms with E-state index < -0.39 is 11.7 Å². The Balaban J connectivity index is 3.12. The minimum Gasteiger partial charge on any atom is -0.495 e. The van der Waals surface area contributed by atoms with Crippen molar-refractivity contribution in [1.29, 1.82) is 0 Å². The molecule has 1 rings (SSSR count). The van der Waals surface area contributed by atoms with Gasteiger partial charge in [0.1, 0.15) is 11.4 Å². The number of para-hydroxylation sites is 1. The van der Waals surface area contributed by atoms with Crippen molar-refractivity contribution in [2.45, 2.75) is 26.4 Å². The van der Waals surface area contributed by atoms with Crippen LogP contribution in [0.5, 0.6) is 5.75 Å². The summed E-state index contributed by atoms with van der Waals surface area (Å²) < 4.78 is 10.3. The zero-order valence-electron chi connectivity index (χ0n) is 11.9. The zero-order chi connectivity index (χ0) is 15.3. The van der Waals surface area contributed by atoms with Crippen LogP contribution in [0.15, 0.2) is 23.4 Å². The fraction of sp³-hybridized carbons (Fsp3) is 0.385. The first-order valence-electron chi connectivity index (χ1n) is 5.93. The second kappa shape index (κ2) is 6.14. The summed E-state index contributed by atoms with van der Waals surface area (Å²) in [5.74, 6) is 0.231. The average Bonchev–Trinajstić information content (AvgIpc) is 2.35. The predicted molar refractivity (Wildman–Crippen MR) is 75.4 cm³/mol. The third-order valence-corrected chi connectivity index (χ3v) is 2.26. The fourth-order valence-electron chi connectivity index (χ4n) is 1.50. The highest BCUT2D eigenvalue weighted by Gasteiger charge is 2.20. The van der Waals surface area contributed by atoms with E-state index in [1.807, 2.05) is 0 Å². The van der Waals surface area contributed by atoms with Gasteiger partial charge in [-0.3, -0.25) is 5.32 Å². The van der Waals surface area contributed by atoms with Crippen molar-refractivity contribution in [3.8, 4) is 5.75 Å². The van der Waals surface area contributed by atoms with Crippen molar-refractivity contribution in [2.75, 3.05) is 12.4 Å². The van der Waals surface area contributed by atoms with Crippen molar-refractivity contribution in [3.63, 3.8) is 0 Å². The summed E-state index contributed by atoms with van der Waals surface area (Å²) in [7, 11) is 1.45. The molecule has 20 heavy (non-hydrogen) atoms. The van der Waals surface area contributed by atoms with Crippen molar-refractivity contribution >= 4 is 17.6 Å². The molecule has 0 radical (unpaired) electrons. The number of hydrogen-bond donors (Lipinski definition) is 3. The normalized spacial score (nSPS) is 11.9. The minimum absolute atomic E-state index is 0.144. The maximum atomic E-state index is 11.8. The minimum atomic E-state index is -0.658. The molecule has 110 valence electrons. The topological polar surface area (TPSA) is 106 Å². The lowest BCUT2D eigenvalue weighted by atomic mass is 10.1. The summed E-state index contributed by atoms with van der Waals surface area (Å²) >= 11 is 0. The van der Waals surface area contributed by atoms with E-state index in [0.717, 1.165) is 0 Å². The number of amides is 1. The van der Waals surface area contributed by atoms with Gasteiger partial charge in [0.15, 0.2) is 5.84 Å². The smallest absolute Gasteiger partial charge is 0.412 e. The van der Waals surface area contributed by atoms with Gasteiger partial charge in [0, 0.05) is 5.56 Å². The molecular weight excluding hydrogens is 262 g/mol. The average molecular weight is 281 g/mol. The van der Waals surface area contributed by atoms with Crippen LogP contribution in [0.25, 0.3) is 0 Å². The van der Waals surface area contributed by atoms with Crippen LogP contribution >= 0.6 is 0 Å². The van der Waals surface area contributed by atoms with Crippen LogP contribution in [-0.2, 0) is 4.74 Å². The van der Waals surface area contributed by atoms with Crippen LogP contribution in [0, 0.1) is 0 Å². The molecule has 1 amide bonds. The number of amidine groups is 1. The quantitative estimate of drug-likeness (QED) is 0.340. The molecule has 0 aliphatic carbocycles. The van der Waals surface area contributed by atoms with Gasteiger partial charge in [0.25, 0.3) is 0 Å². The Bertz CT molecular complexity index is 521. The Morgan fingerprint density at radius 3 is 2.55 bits per heavy atom. The molecule has 0 aliphatic rings. The number of methoxy groups -OCH3 is 1. The van der Waals surface area contributed by atoms with Gasteiger partial charge in [0.05, 0.1) is 12.8 Å². The van der Waals surface area contributed by atoms with Gasteiger partial charge in [-0.25, -0.2) is 4.79 Å². The Morgan fingerprint density at radius 2 is 2.05 bits per heavy atom. The first kappa shape index (κ1) is 15.6. The van der Waals surface area contributed by atoms with Gasteiger partial charge in [-0.05, 0) is 32.9 Å². The van der Waals surface area contributed by atoms with Crippen LogP contribution in [0.4, 0.5) is 10.5 Å². The van der Waals surface area contributed by atoms with E-state index in [4.69, 9.17) is 20.4 Å². The lowest BCUT2D eigenvalue weighted by molar-refractivity contribution is 0.0635. The molecule has 4 N–H and O–H groups in total. The molecule has 7 heteroatoms. The molecule has 1 aromatic rings. The molecular formula is C13H19N3O4. The maximum absolute atomic E-state index is 11.8. The zero-order valence-corrected chi connectivity index (χ0v) is 11.9. The number of anilines is 1. The lowest BCUT2D eigenvalue weighted by Gasteiger charge is -2.21. The van der Waals surface area contributed by atoms with Gasteiger partial charge in [-0.2, -0.15) is 0 Å². The first-order chi connectivity index (χ1) is 9.28. The number of hydrogen-bond acceptors (Lipinski definition) is 5. The van der Waals surface area contributed by atoms with Crippen molar-refractivity contribution < 1.29 is 19.5 Å². The molecule has 0 aromatic heterocycles. The van der Waals surface area contributed by atoms with E-state index in [2.05, 4.69) is 10.5 Å². The Kier molecular flexibility index (Phi) is 4.79. The number of oxime groups is 1. The van der Waals surface area contributed by atoms with Crippen LogP contribution in [0.1, 0.15) is 26.3 Å². The molecule has 0 spiro atoms. The molecule has 0 heterocycles. The number of benzene rings is 1. The number of rotatable bonds is 3. The summed E-state index contributed by atoms with van der Waals surface area (Å²) in [6.07, 6.45) is -0.658. The van der Waals surface area contributed by atoms with Crippen LogP contribution < -0.4 is 15.8 Å². The number of nitrogens with two attached hydrogens (primary N) is 1. The van der Waals surface area contributed by atoms with Gasteiger partial charge >= 0.3 is 6.09 Å². The third kappa shape index (κ3) is 4.04. The first-order valence-corrected chi connectivity index (χ1v) is 5.93. The van der Waals surface area contributed by atoms with Gasteiger partial charge in [-0.15, -0.1) is 0 Å². The lowest BCUT2D eigenvalue weighted by Crippen LogP contribution is -2.28. The molecule has 0 saturated carbocycles. The van der Waals surface area contributed by atoms with E-state index in [-0.39, 0.29) is 11.5 Å². The van der Waals surface area contributed by atoms with E-state index in [1.165, 1.54) is 7.11 Å². The summed E-state index contributed by atoms with van der Waals surface area (Å²) in [6, 6.07) is 4.89. The number of ether oxygens (including phenoxy) is 2. The number of carbonyl (C=O) groups excluding carboxylic acids is 1. The summed E-state index contributed by atoms with van der Waals surface area (Å²) in [6.45, 7) is 5.25. The molecule has 0 atom stereocenters. The van der Waals surface area contributed by atoms with Crippen LogP contribution in [-0.4, -0.2) is 29.8 Å². The highest BCUT2D eigenvalue weighted by molar-refractivity contribution is 6.06. The van der Waals surface area contributed by atoms with E-state index in [0.29, 0.717) is 11.3 Å². The van der Waals surface area contributed by atoms with Crippen LogP contribution in [0.2, 0.25) is 0 Å². The second-order valence-corrected chi connectivity index (χ2v) is 4.99. The Labute approximate surface area is 117 Å². The molecule has 7 nitrogen and oxygen atoms in total. The summed E-state index contributed by atoms with van der Waals surface area (Å²) in [5, 5.41) is 14.2. The molecule has 1 aromatic carbocycles. The SMILES string of the molecule is COc1cccc(/C(N)=N/O)c1NC(=O)OC(C)(C)C. The predicted octanol–water partition coefficient (Wildman–Crippen LogP) is 2.14. The van der Waals surface area contributed by atoms with E-state index in [9.17, 15) is 4.79 Å². The number of nitrogens with zero attached hydrogens (tertiary/aromatic N) is 1. The third-order valence-electron chi connectivity index (χ3n) is 2.26.